The summed E-state index contributed by atoms with van der Waals surface area (Å²) in [5.74, 6) is 3.23. The SMILES string of the molecule is CC1CNC(C2CCCCC2)SC1. The molecule has 0 amide bonds. The van der Waals surface area contributed by atoms with Gasteiger partial charge in [-0.1, -0.05) is 26.2 Å². The van der Waals surface area contributed by atoms with Crippen LogP contribution in [0.5, 0.6) is 0 Å². The van der Waals surface area contributed by atoms with Crippen LogP contribution in [0, 0.1) is 11.8 Å². The Labute approximate surface area is 86.0 Å². The predicted molar refractivity (Wildman–Crippen MR) is 60.0 cm³/mol. The topological polar surface area (TPSA) is 12.0 Å². The van der Waals surface area contributed by atoms with Gasteiger partial charge >= 0.3 is 0 Å². The average molecular weight is 199 g/mol. The van der Waals surface area contributed by atoms with Gasteiger partial charge in [0.2, 0.25) is 0 Å². The van der Waals surface area contributed by atoms with E-state index < -0.39 is 0 Å². The maximum absolute atomic E-state index is 3.70. The lowest BCUT2D eigenvalue weighted by atomic mass is 9.89. The van der Waals surface area contributed by atoms with E-state index in [0.717, 1.165) is 17.2 Å². The molecule has 1 heterocycles. The number of rotatable bonds is 1. The van der Waals surface area contributed by atoms with E-state index in [0.29, 0.717) is 0 Å². The molecule has 2 atom stereocenters. The predicted octanol–water partition coefficient (Wildman–Crippen LogP) is 2.87. The van der Waals surface area contributed by atoms with Crippen LogP contribution in [0.25, 0.3) is 0 Å². The maximum atomic E-state index is 3.70. The Morgan fingerprint density at radius 3 is 2.54 bits per heavy atom. The molecule has 0 radical (unpaired) electrons. The molecule has 2 heteroatoms. The van der Waals surface area contributed by atoms with Crippen molar-refractivity contribution in [2.24, 2.45) is 11.8 Å². The van der Waals surface area contributed by atoms with E-state index in [1.54, 1.807) is 0 Å². The Morgan fingerprint density at radius 1 is 1.15 bits per heavy atom. The lowest BCUT2D eigenvalue weighted by Crippen LogP contribution is -2.41. The van der Waals surface area contributed by atoms with E-state index in [2.05, 4.69) is 24.0 Å². The van der Waals surface area contributed by atoms with Gasteiger partial charge in [0.1, 0.15) is 0 Å². The highest BCUT2D eigenvalue weighted by Crippen LogP contribution is 2.33. The number of thioether (sulfide) groups is 1. The molecule has 2 fully saturated rings. The first-order chi connectivity index (χ1) is 6.36. The number of nitrogens with one attached hydrogen (secondary N) is 1. The number of hydrogen-bond donors (Lipinski definition) is 1. The summed E-state index contributed by atoms with van der Waals surface area (Å²) in [7, 11) is 0. The van der Waals surface area contributed by atoms with Crippen molar-refractivity contribution < 1.29 is 0 Å². The summed E-state index contributed by atoms with van der Waals surface area (Å²) in [6.45, 7) is 3.59. The summed E-state index contributed by atoms with van der Waals surface area (Å²) in [6.07, 6.45) is 7.36. The molecule has 0 aromatic rings. The Bertz CT molecular complexity index is 146. The molecule has 1 saturated carbocycles. The second-order valence-corrected chi connectivity index (χ2v) is 5.84. The van der Waals surface area contributed by atoms with Crippen molar-refractivity contribution >= 4 is 11.8 Å². The Morgan fingerprint density at radius 2 is 1.92 bits per heavy atom. The van der Waals surface area contributed by atoms with E-state index in [1.165, 1.54) is 44.4 Å². The molecule has 1 aliphatic carbocycles. The third kappa shape index (κ3) is 2.63. The molecule has 2 unspecified atom stereocenters. The minimum atomic E-state index is 0.788. The first-order valence-corrected chi connectivity index (χ1v) is 6.76. The highest BCUT2D eigenvalue weighted by atomic mass is 32.2. The van der Waals surface area contributed by atoms with Crippen LogP contribution in [0.4, 0.5) is 0 Å². The Balaban J connectivity index is 1.79. The molecule has 0 aromatic heterocycles. The molecule has 1 aliphatic heterocycles. The molecule has 2 rings (SSSR count). The molecule has 13 heavy (non-hydrogen) atoms. The largest absolute Gasteiger partial charge is 0.305 e. The van der Waals surface area contributed by atoms with Crippen LogP contribution >= 0.6 is 11.8 Å². The monoisotopic (exact) mass is 199 g/mol. The zero-order valence-electron chi connectivity index (χ0n) is 8.59. The lowest BCUT2D eigenvalue weighted by Gasteiger charge is -2.35. The van der Waals surface area contributed by atoms with E-state index in [1.807, 2.05) is 0 Å². The standard InChI is InChI=1S/C11H21NS/c1-9-7-12-11(13-8-9)10-5-3-2-4-6-10/h9-12H,2-8H2,1H3. The van der Waals surface area contributed by atoms with Gasteiger partial charge in [0.15, 0.2) is 0 Å². The molecule has 2 aliphatic rings. The molecule has 1 saturated heterocycles. The van der Waals surface area contributed by atoms with Crippen molar-refractivity contribution in [2.75, 3.05) is 12.3 Å². The summed E-state index contributed by atoms with van der Waals surface area (Å²) < 4.78 is 0. The summed E-state index contributed by atoms with van der Waals surface area (Å²) in [6, 6.07) is 0. The molecule has 1 nitrogen and oxygen atoms in total. The maximum Gasteiger partial charge on any atom is 0.0560 e. The Hall–Kier alpha value is 0.310. The fraction of sp³-hybridized carbons (Fsp3) is 1.00. The van der Waals surface area contributed by atoms with Crippen LogP contribution in [0.3, 0.4) is 0 Å². The average Bonchev–Trinajstić information content (AvgIpc) is 2.20. The summed E-state index contributed by atoms with van der Waals surface area (Å²) >= 11 is 2.17. The highest BCUT2D eigenvalue weighted by molar-refractivity contribution is 7.99. The second-order valence-electron chi connectivity index (χ2n) is 4.67. The Kier molecular flexibility index (Phi) is 3.56. The molecule has 0 aromatic carbocycles. The van der Waals surface area contributed by atoms with Gasteiger partial charge in [0.25, 0.3) is 0 Å². The normalized spacial score (nSPS) is 37.6. The molecule has 0 spiro atoms. The van der Waals surface area contributed by atoms with Crippen molar-refractivity contribution in [1.82, 2.24) is 5.32 Å². The van der Waals surface area contributed by atoms with E-state index >= 15 is 0 Å². The van der Waals surface area contributed by atoms with E-state index in [9.17, 15) is 0 Å². The minimum Gasteiger partial charge on any atom is -0.305 e. The highest BCUT2D eigenvalue weighted by Gasteiger charge is 2.26. The van der Waals surface area contributed by atoms with Crippen LogP contribution in [0.1, 0.15) is 39.0 Å². The fourth-order valence-electron chi connectivity index (χ4n) is 2.44. The quantitative estimate of drug-likeness (QED) is 0.697. The van der Waals surface area contributed by atoms with Crippen LogP contribution in [-0.4, -0.2) is 17.7 Å². The zero-order valence-corrected chi connectivity index (χ0v) is 9.41. The third-order valence-electron chi connectivity index (χ3n) is 3.31. The molecular weight excluding hydrogens is 178 g/mol. The second kappa shape index (κ2) is 4.70. The molecule has 0 bridgehead atoms. The van der Waals surface area contributed by atoms with Crippen molar-refractivity contribution in [3.05, 3.63) is 0 Å². The van der Waals surface area contributed by atoms with Crippen molar-refractivity contribution in [2.45, 2.75) is 44.4 Å². The summed E-state index contributed by atoms with van der Waals surface area (Å²) in [5.41, 5.74) is 0. The minimum absolute atomic E-state index is 0.788. The van der Waals surface area contributed by atoms with Gasteiger partial charge in [-0.3, -0.25) is 0 Å². The fourth-order valence-corrected chi connectivity index (χ4v) is 3.85. The number of hydrogen-bond acceptors (Lipinski definition) is 2. The third-order valence-corrected chi connectivity index (χ3v) is 4.98. The van der Waals surface area contributed by atoms with Crippen LogP contribution in [0.15, 0.2) is 0 Å². The summed E-state index contributed by atoms with van der Waals surface area (Å²) in [4.78, 5) is 0. The van der Waals surface area contributed by atoms with Gasteiger partial charge < -0.3 is 5.32 Å². The zero-order chi connectivity index (χ0) is 9.10. The summed E-state index contributed by atoms with van der Waals surface area (Å²) in [5, 5.41) is 4.49. The van der Waals surface area contributed by atoms with E-state index in [4.69, 9.17) is 0 Å². The van der Waals surface area contributed by atoms with Gasteiger partial charge in [0, 0.05) is 0 Å². The smallest absolute Gasteiger partial charge is 0.0560 e. The van der Waals surface area contributed by atoms with Gasteiger partial charge in [-0.05, 0) is 37.0 Å². The van der Waals surface area contributed by atoms with Gasteiger partial charge in [-0.2, -0.15) is 0 Å². The molecule has 76 valence electrons. The van der Waals surface area contributed by atoms with E-state index in [-0.39, 0.29) is 0 Å². The van der Waals surface area contributed by atoms with Crippen molar-refractivity contribution in [3.8, 4) is 0 Å². The molecular formula is C11H21NS. The molecule has 1 N–H and O–H groups in total. The van der Waals surface area contributed by atoms with Gasteiger partial charge in [0.05, 0.1) is 5.37 Å². The van der Waals surface area contributed by atoms with Gasteiger partial charge in [-0.15, -0.1) is 11.8 Å². The van der Waals surface area contributed by atoms with Crippen LogP contribution in [0.2, 0.25) is 0 Å². The van der Waals surface area contributed by atoms with Gasteiger partial charge in [-0.25, -0.2) is 0 Å². The first kappa shape index (κ1) is 9.85. The van der Waals surface area contributed by atoms with Crippen LogP contribution < -0.4 is 5.32 Å². The lowest BCUT2D eigenvalue weighted by molar-refractivity contribution is 0.312. The first-order valence-electron chi connectivity index (χ1n) is 5.71. The van der Waals surface area contributed by atoms with Crippen molar-refractivity contribution in [3.63, 3.8) is 0 Å². The van der Waals surface area contributed by atoms with Crippen LogP contribution in [-0.2, 0) is 0 Å². The van der Waals surface area contributed by atoms with Crippen molar-refractivity contribution in [1.29, 1.82) is 0 Å².